The number of benzene rings is 2. The van der Waals surface area contributed by atoms with Crippen LogP contribution in [0.1, 0.15) is 43.2 Å². The fraction of sp³-hybridized carbons (Fsp3) is 0.296. The van der Waals surface area contributed by atoms with Gasteiger partial charge in [0.2, 0.25) is 17.7 Å². The third-order valence-electron chi connectivity index (χ3n) is 5.51. The Labute approximate surface area is 209 Å². The molecule has 184 valence electrons. The topological polar surface area (TPSA) is 108 Å². The lowest BCUT2D eigenvalue weighted by molar-refractivity contribution is -0.136. The molecule has 1 heterocycles. The van der Waals surface area contributed by atoms with E-state index in [2.05, 4.69) is 10.6 Å². The Morgan fingerprint density at radius 2 is 1.54 bits per heavy atom. The lowest BCUT2D eigenvalue weighted by Crippen LogP contribution is -2.43. The van der Waals surface area contributed by atoms with Crippen LogP contribution >= 0.6 is 11.3 Å². The summed E-state index contributed by atoms with van der Waals surface area (Å²) in [5.41, 5.74) is 3.56. The van der Waals surface area contributed by atoms with Crippen LogP contribution in [0.3, 0.4) is 0 Å². The van der Waals surface area contributed by atoms with E-state index in [0.717, 1.165) is 16.0 Å². The van der Waals surface area contributed by atoms with E-state index in [0.29, 0.717) is 17.8 Å². The van der Waals surface area contributed by atoms with Crippen molar-refractivity contribution in [3.63, 3.8) is 0 Å². The van der Waals surface area contributed by atoms with E-state index in [1.165, 1.54) is 11.3 Å². The van der Waals surface area contributed by atoms with Crippen molar-refractivity contribution in [2.24, 2.45) is 11.8 Å². The summed E-state index contributed by atoms with van der Waals surface area (Å²) in [5, 5.41) is 14.7. The summed E-state index contributed by atoms with van der Waals surface area (Å²) in [5.74, 6) is -1.91. The van der Waals surface area contributed by atoms with Crippen molar-refractivity contribution in [2.75, 3.05) is 0 Å². The van der Waals surface area contributed by atoms with Crippen LogP contribution in [0.25, 0.3) is 10.4 Å². The zero-order chi connectivity index (χ0) is 25.2. The summed E-state index contributed by atoms with van der Waals surface area (Å²) in [4.78, 5) is 40.0. The summed E-state index contributed by atoms with van der Waals surface area (Å²) in [6.07, 6.45) is 0.274. The van der Waals surface area contributed by atoms with Gasteiger partial charge in [-0.15, -0.1) is 11.3 Å². The second-order valence-corrected chi connectivity index (χ2v) is 9.89. The molecule has 1 aromatic heterocycles. The first-order valence-corrected chi connectivity index (χ1v) is 12.4. The lowest BCUT2D eigenvalue weighted by atomic mass is 9.92. The molecule has 35 heavy (non-hydrogen) atoms. The minimum absolute atomic E-state index is 0.147. The average Bonchev–Trinajstić information content (AvgIpc) is 3.36. The fourth-order valence-corrected chi connectivity index (χ4v) is 4.86. The number of nitrogens with one attached hydrogen (secondary N) is 3. The SMILES string of the molecule is CC(C)CC(CC(=O)NO)C(=O)NC(C(=O)NCc1ccccc1)c1ccc(-c2ccccc2)s1. The third kappa shape index (κ3) is 7.77. The Hall–Kier alpha value is -3.49. The van der Waals surface area contributed by atoms with E-state index in [-0.39, 0.29) is 18.2 Å². The number of carbonyl (C=O) groups is 3. The van der Waals surface area contributed by atoms with Crippen molar-refractivity contribution in [2.45, 2.75) is 39.3 Å². The maximum absolute atomic E-state index is 13.3. The first kappa shape index (κ1) is 26.1. The number of rotatable bonds is 11. The Morgan fingerprint density at radius 3 is 2.17 bits per heavy atom. The summed E-state index contributed by atoms with van der Waals surface area (Å²) in [7, 11) is 0. The van der Waals surface area contributed by atoms with Gasteiger partial charge < -0.3 is 10.6 Å². The van der Waals surface area contributed by atoms with Gasteiger partial charge in [0.25, 0.3) is 0 Å². The standard InChI is InChI=1S/C27H31N3O4S/c1-18(2)15-21(16-24(31)30-34)26(32)29-25(27(33)28-17-19-9-5-3-6-10-19)23-14-13-22(35-23)20-11-7-4-8-12-20/h3-14,18,21,25,34H,15-17H2,1-2H3,(H,28,33)(H,29,32)(H,30,31). The van der Waals surface area contributed by atoms with Crippen molar-refractivity contribution in [3.05, 3.63) is 83.2 Å². The lowest BCUT2D eigenvalue weighted by Gasteiger charge is -2.22. The molecule has 2 atom stereocenters. The fourth-order valence-electron chi connectivity index (χ4n) is 3.80. The largest absolute Gasteiger partial charge is 0.350 e. The maximum atomic E-state index is 13.3. The van der Waals surface area contributed by atoms with Crippen LogP contribution in [0.4, 0.5) is 0 Å². The smallest absolute Gasteiger partial charge is 0.248 e. The zero-order valence-electron chi connectivity index (χ0n) is 19.9. The van der Waals surface area contributed by atoms with Gasteiger partial charge in [-0.05, 0) is 35.6 Å². The van der Waals surface area contributed by atoms with E-state index in [1.807, 2.05) is 86.6 Å². The van der Waals surface area contributed by atoms with Crippen LogP contribution in [0.5, 0.6) is 0 Å². The van der Waals surface area contributed by atoms with Crippen molar-refractivity contribution in [1.29, 1.82) is 0 Å². The maximum Gasteiger partial charge on any atom is 0.248 e. The van der Waals surface area contributed by atoms with Gasteiger partial charge in [-0.25, -0.2) is 5.48 Å². The van der Waals surface area contributed by atoms with Gasteiger partial charge in [-0.3, -0.25) is 19.6 Å². The molecule has 3 rings (SSSR count). The average molecular weight is 494 g/mol. The molecule has 0 saturated heterocycles. The third-order valence-corrected chi connectivity index (χ3v) is 6.71. The quantitative estimate of drug-likeness (QED) is 0.234. The highest BCUT2D eigenvalue weighted by Gasteiger charge is 2.29. The second-order valence-electron chi connectivity index (χ2n) is 8.78. The first-order chi connectivity index (χ1) is 16.9. The van der Waals surface area contributed by atoms with Crippen molar-refractivity contribution >= 4 is 29.1 Å². The zero-order valence-corrected chi connectivity index (χ0v) is 20.7. The van der Waals surface area contributed by atoms with Gasteiger partial charge in [0.15, 0.2) is 0 Å². The molecule has 2 aromatic carbocycles. The number of hydroxylamine groups is 1. The Morgan fingerprint density at radius 1 is 0.886 bits per heavy atom. The molecule has 2 unspecified atom stereocenters. The minimum Gasteiger partial charge on any atom is -0.350 e. The second kappa shape index (κ2) is 12.8. The highest BCUT2D eigenvalue weighted by atomic mass is 32.1. The van der Waals surface area contributed by atoms with Gasteiger partial charge in [0.05, 0.1) is 0 Å². The van der Waals surface area contributed by atoms with Crippen LogP contribution in [0, 0.1) is 11.8 Å². The van der Waals surface area contributed by atoms with Crippen LogP contribution in [0.2, 0.25) is 0 Å². The molecule has 0 saturated carbocycles. The van der Waals surface area contributed by atoms with Gasteiger partial charge in [0, 0.05) is 28.6 Å². The molecular formula is C27H31N3O4S. The van der Waals surface area contributed by atoms with Crippen LogP contribution < -0.4 is 16.1 Å². The number of hydrogen-bond acceptors (Lipinski definition) is 5. The Kier molecular flexibility index (Phi) is 9.57. The molecule has 0 aliphatic rings. The molecule has 3 amide bonds. The molecule has 0 bridgehead atoms. The summed E-state index contributed by atoms with van der Waals surface area (Å²) < 4.78 is 0. The van der Waals surface area contributed by atoms with Gasteiger partial charge in [-0.1, -0.05) is 74.5 Å². The molecule has 0 aliphatic carbocycles. The highest BCUT2D eigenvalue weighted by molar-refractivity contribution is 7.15. The Balaban J connectivity index is 1.83. The molecule has 0 spiro atoms. The van der Waals surface area contributed by atoms with Gasteiger partial charge >= 0.3 is 0 Å². The number of hydrogen-bond donors (Lipinski definition) is 4. The molecule has 7 nitrogen and oxygen atoms in total. The van der Waals surface area contributed by atoms with Crippen molar-refractivity contribution in [1.82, 2.24) is 16.1 Å². The summed E-state index contributed by atoms with van der Waals surface area (Å²) >= 11 is 1.44. The molecule has 0 fully saturated rings. The minimum atomic E-state index is -0.916. The molecular weight excluding hydrogens is 462 g/mol. The highest BCUT2D eigenvalue weighted by Crippen LogP contribution is 2.32. The number of amides is 3. The van der Waals surface area contributed by atoms with E-state index >= 15 is 0 Å². The molecule has 0 aliphatic heterocycles. The number of thiophene rings is 1. The number of carbonyl (C=O) groups excluding carboxylic acids is 3. The predicted octanol–water partition coefficient (Wildman–Crippen LogP) is 4.45. The van der Waals surface area contributed by atoms with Crippen LogP contribution in [0.15, 0.2) is 72.8 Å². The van der Waals surface area contributed by atoms with Crippen LogP contribution in [-0.4, -0.2) is 22.9 Å². The summed E-state index contributed by atoms with van der Waals surface area (Å²) in [6, 6.07) is 22.2. The van der Waals surface area contributed by atoms with Gasteiger partial charge in [-0.2, -0.15) is 0 Å². The van der Waals surface area contributed by atoms with E-state index in [4.69, 9.17) is 5.21 Å². The van der Waals surface area contributed by atoms with E-state index in [9.17, 15) is 14.4 Å². The van der Waals surface area contributed by atoms with Crippen molar-refractivity contribution in [3.8, 4) is 10.4 Å². The molecule has 0 radical (unpaired) electrons. The first-order valence-electron chi connectivity index (χ1n) is 11.6. The molecule has 3 aromatic rings. The molecule has 4 N–H and O–H groups in total. The van der Waals surface area contributed by atoms with Crippen molar-refractivity contribution < 1.29 is 19.6 Å². The van der Waals surface area contributed by atoms with E-state index in [1.54, 1.807) is 5.48 Å². The molecule has 8 heteroatoms. The van der Waals surface area contributed by atoms with E-state index < -0.39 is 23.8 Å². The normalized spacial score (nSPS) is 12.6. The predicted molar refractivity (Wildman–Crippen MR) is 136 cm³/mol. The monoisotopic (exact) mass is 493 g/mol. The van der Waals surface area contributed by atoms with Crippen LogP contribution in [-0.2, 0) is 20.9 Å². The summed E-state index contributed by atoms with van der Waals surface area (Å²) in [6.45, 7) is 4.23. The Bertz CT molecular complexity index is 1120. The van der Waals surface area contributed by atoms with Gasteiger partial charge in [0.1, 0.15) is 6.04 Å².